The molecule has 1 aliphatic rings. The number of hydrogen-bond donors (Lipinski definition) is 1. The van der Waals surface area contributed by atoms with E-state index < -0.39 is 17.8 Å². The molecule has 6 nitrogen and oxygen atoms in total. The van der Waals surface area contributed by atoms with Crippen molar-refractivity contribution >= 4 is 11.6 Å². The van der Waals surface area contributed by atoms with Crippen LogP contribution in [0.25, 0.3) is 5.65 Å². The van der Waals surface area contributed by atoms with Crippen molar-refractivity contribution in [3.05, 3.63) is 71.7 Å². The van der Waals surface area contributed by atoms with Crippen LogP contribution < -0.4 is 0 Å². The molecule has 1 amide bonds. The number of rotatable bonds is 4. The minimum absolute atomic E-state index is 0.0882. The fourth-order valence-electron chi connectivity index (χ4n) is 3.66. The molecular formula is C21H21F3N4O2. The highest BCUT2D eigenvalue weighted by molar-refractivity contribution is 5.99. The van der Waals surface area contributed by atoms with Gasteiger partial charge in [0.05, 0.1) is 17.2 Å². The van der Waals surface area contributed by atoms with Gasteiger partial charge >= 0.3 is 6.18 Å². The number of alkyl halides is 3. The Morgan fingerprint density at radius 3 is 2.43 bits per heavy atom. The molecule has 1 aliphatic heterocycles. The third-order valence-corrected chi connectivity index (χ3v) is 5.36. The van der Waals surface area contributed by atoms with Gasteiger partial charge in [-0.1, -0.05) is 12.1 Å². The maximum atomic E-state index is 12.9. The number of pyridine rings is 1. The smallest absolute Gasteiger partial charge is 0.387 e. The number of halogens is 3. The van der Waals surface area contributed by atoms with Gasteiger partial charge in [0.2, 0.25) is 0 Å². The van der Waals surface area contributed by atoms with E-state index in [2.05, 4.69) is 4.98 Å². The summed E-state index contributed by atoms with van der Waals surface area (Å²) < 4.78 is 39.8. The predicted molar refractivity (Wildman–Crippen MR) is 104 cm³/mol. The van der Waals surface area contributed by atoms with Crippen LogP contribution in [0.15, 0.2) is 55.0 Å². The van der Waals surface area contributed by atoms with Gasteiger partial charge in [-0.15, -0.1) is 0 Å². The third kappa shape index (κ3) is 4.17. The van der Waals surface area contributed by atoms with Crippen LogP contribution in [-0.2, 0) is 6.18 Å². The molecule has 1 aromatic carbocycles. The van der Waals surface area contributed by atoms with E-state index >= 15 is 0 Å². The van der Waals surface area contributed by atoms with E-state index in [1.807, 2.05) is 11.1 Å². The Kier molecular flexibility index (Phi) is 5.48. The number of fused-ring (bicyclic) bond motifs is 1. The molecule has 1 fully saturated rings. The second-order valence-corrected chi connectivity index (χ2v) is 7.31. The van der Waals surface area contributed by atoms with Crippen LogP contribution in [0.2, 0.25) is 0 Å². The minimum atomic E-state index is -4.40. The van der Waals surface area contributed by atoms with Gasteiger partial charge in [0.15, 0.2) is 0 Å². The first-order valence-corrected chi connectivity index (χ1v) is 9.61. The fraction of sp³-hybridized carbons (Fsp3) is 0.333. The van der Waals surface area contributed by atoms with Crippen LogP contribution in [0.1, 0.15) is 27.6 Å². The number of aliphatic hydroxyl groups excluding tert-OH is 1. The fourth-order valence-corrected chi connectivity index (χ4v) is 3.66. The average Bonchev–Trinajstić information content (AvgIpc) is 3.22. The normalized spacial score (nSPS) is 16.7. The molecular weight excluding hydrogens is 397 g/mol. The van der Waals surface area contributed by atoms with E-state index in [1.54, 1.807) is 33.8 Å². The number of hydrogen-bond acceptors (Lipinski definition) is 4. The lowest BCUT2D eigenvalue weighted by Crippen LogP contribution is -2.49. The Hall–Kier alpha value is -2.91. The van der Waals surface area contributed by atoms with Crippen LogP contribution in [0, 0.1) is 0 Å². The van der Waals surface area contributed by atoms with Crippen molar-refractivity contribution in [1.82, 2.24) is 19.2 Å². The van der Waals surface area contributed by atoms with Crippen molar-refractivity contribution in [1.29, 1.82) is 0 Å². The highest BCUT2D eigenvalue weighted by atomic mass is 19.4. The number of aromatic nitrogens is 2. The largest absolute Gasteiger partial charge is 0.416 e. The van der Waals surface area contributed by atoms with Gasteiger partial charge in [0.25, 0.3) is 5.91 Å². The van der Waals surface area contributed by atoms with Gasteiger partial charge in [-0.3, -0.25) is 9.69 Å². The number of carbonyl (C=O) groups excluding carboxylic acids is 1. The summed E-state index contributed by atoms with van der Waals surface area (Å²) in [5.74, 6) is -0.0882. The Morgan fingerprint density at radius 2 is 1.77 bits per heavy atom. The molecule has 9 heteroatoms. The monoisotopic (exact) mass is 418 g/mol. The van der Waals surface area contributed by atoms with Crippen LogP contribution in [0.3, 0.4) is 0 Å². The third-order valence-electron chi connectivity index (χ3n) is 5.36. The maximum Gasteiger partial charge on any atom is 0.416 e. The second-order valence-electron chi connectivity index (χ2n) is 7.31. The Balaban J connectivity index is 1.34. The summed E-state index contributed by atoms with van der Waals surface area (Å²) in [7, 11) is 0. The standard InChI is InChI=1S/C21H21F3N4O2/c22-21(23,24)16-5-3-15(4-6-16)18(29)14-26-10-12-28(13-11-26)20(30)17-2-1-8-27-9-7-25-19(17)27/h1-9,18,29H,10-14H2. The lowest BCUT2D eigenvalue weighted by molar-refractivity contribution is -0.137. The molecule has 0 aliphatic carbocycles. The van der Waals surface area contributed by atoms with Gasteiger partial charge in [-0.2, -0.15) is 13.2 Å². The summed E-state index contributed by atoms with van der Waals surface area (Å²) in [6.07, 6.45) is -0.0280. The highest BCUT2D eigenvalue weighted by Gasteiger charge is 2.30. The van der Waals surface area contributed by atoms with E-state index in [9.17, 15) is 23.1 Å². The number of benzene rings is 1. The highest BCUT2D eigenvalue weighted by Crippen LogP contribution is 2.30. The number of nitrogens with zero attached hydrogens (tertiary/aromatic N) is 4. The topological polar surface area (TPSA) is 61.1 Å². The Labute approximate surface area is 171 Å². The molecule has 0 radical (unpaired) electrons. The lowest BCUT2D eigenvalue weighted by Gasteiger charge is -2.35. The summed E-state index contributed by atoms with van der Waals surface area (Å²) >= 11 is 0. The van der Waals surface area contributed by atoms with E-state index in [0.717, 1.165) is 12.1 Å². The van der Waals surface area contributed by atoms with Crippen molar-refractivity contribution < 1.29 is 23.1 Å². The van der Waals surface area contributed by atoms with E-state index in [1.165, 1.54) is 12.1 Å². The number of β-amino-alcohol motifs (C(OH)–C–C–N with tert-alkyl or cyclic N) is 1. The Bertz CT molecular complexity index is 1020. The van der Waals surface area contributed by atoms with E-state index in [-0.39, 0.29) is 5.91 Å². The number of amides is 1. The first kappa shape index (κ1) is 20.4. The molecule has 1 saturated heterocycles. The van der Waals surface area contributed by atoms with E-state index in [4.69, 9.17) is 0 Å². The van der Waals surface area contributed by atoms with Crippen LogP contribution >= 0.6 is 0 Å². The Morgan fingerprint density at radius 1 is 1.07 bits per heavy atom. The van der Waals surface area contributed by atoms with Gasteiger partial charge in [0.1, 0.15) is 5.65 Å². The maximum absolute atomic E-state index is 12.9. The molecule has 1 N–H and O–H groups in total. The zero-order chi connectivity index (χ0) is 21.3. The molecule has 0 spiro atoms. The zero-order valence-corrected chi connectivity index (χ0v) is 16.1. The summed E-state index contributed by atoms with van der Waals surface area (Å²) in [4.78, 5) is 20.9. The van der Waals surface area contributed by atoms with E-state index in [0.29, 0.717) is 49.5 Å². The average molecular weight is 418 g/mol. The number of piperazine rings is 1. The molecule has 2 aromatic heterocycles. The predicted octanol–water partition coefficient (Wildman–Crippen LogP) is 2.84. The molecule has 4 rings (SSSR count). The van der Waals surface area contributed by atoms with Gasteiger partial charge in [-0.05, 0) is 29.8 Å². The molecule has 158 valence electrons. The first-order valence-electron chi connectivity index (χ1n) is 9.61. The van der Waals surface area contributed by atoms with Crippen molar-refractivity contribution in [3.8, 4) is 0 Å². The molecule has 30 heavy (non-hydrogen) atoms. The van der Waals surface area contributed by atoms with Crippen LogP contribution in [0.5, 0.6) is 0 Å². The minimum Gasteiger partial charge on any atom is -0.387 e. The lowest BCUT2D eigenvalue weighted by atomic mass is 10.1. The SMILES string of the molecule is O=C(c1cccn2ccnc12)N1CCN(CC(O)c2ccc(C(F)(F)F)cc2)CC1. The summed E-state index contributed by atoms with van der Waals surface area (Å²) in [6, 6.07) is 8.12. The van der Waals surface area contributed by atoms with Crippen LogP contribution in [0.4, 0.5) is 13.2 Å². The molecule has 1 atom stereocenters. The van der Waals surface area contributed by atoms with Gasteiger partial charge in [0, 0.05) is 51.3 Å². The van der Waals surface area contributed by atoms with Crippen molar-refractivity contribution in [3.63, 3.8) is 0 Å². The molecule has 0 saturated carbocycles. The summed E-state index contributed by atoms with van der Waals surface area (Å²) in [6.45, 7) is 2.44. The van der Waals surface area contributed by atoms with Crippen LogP contribution in [-0.4, -0.2) is 62.9 Å². The van der Waals surface area contributed by atoms with Gasteiger partial charge < -0.3 is 14.4 Å². The molecule has 1 unspecified atom stereocenters. The summed E-state index contributed by atoms with van der Waals surface area (Å²) in [5, 5.41) is 10.4. The molecule has 3 heterocycles. The first-order chi connectivity index (χ1) is 14.3. The zero-order valence-electron chi connectivity index (χ0n) is 16.1. The number of aliphatic hydroxyl groups is 1. The quantitative estimate of drug-likeness (QED) is 0.708. The second kappa shape index (κ2) is 8.08. The molecule has 3 aromatic rings. The van der Waals surface area contributed by atoms with Crippen molar-refractivity contribution in [2.75, 3.05) is 32.7 Å². The van der Waals surface area contributed by atoms with Crippen molar-refractivity contribution in [2.24, 2.45) is 0 Å². The molecule has 0 bridgehead atoms. The summed E-state index contributed by atoms with van der Waals surface area (Å²) in [5.41, 5.74) is 0.856. The van der Waals surface area contributed by atoms with Gasteiger partial charge in [-0.25, -0.2) is 4.98 Å². The number of imidazole rings is 1. The number of carbonyl (C=O) groups is 1. The van der Waals surface area contributed by atoms with Crippen molar-refractivity contribution in [2.45, 2.75) is 12.3 Å².